The third-order valence-corrected chi connectivity index (χ3v) is 6.22. The molecule has 1 unspecified atom stereocenters. The van der Waals surface area contributed by atoms with E-state index in [-0.39, 0.29) is 30.9 Å². The van der Waals surface area contributed by atoms with Gasteiger partial charge in [0.15, 0.2) is 6.61 Å². The molecule has 188 valence electrons. The standard InChI is InChI=1S/C27H29N3O6/c1-17-21(12-13-26(32)34-3)18(2)30(29-17)20-10-8-19(9-11-20)27(33)36-16-25(31)28-23-14-15-35-24-7-5-4-6-22(23)24/h4-11,23H,12-16H2,1-3H3,(H,28,31). The maximum absolute atomic E-state index is 12.5. The molecule has 2 aromatic carbocycles. The number of esters is 2. The Bertz CT molecular complexity index is 1270. The molecule has 2 heterocycles. The predicted octanol–water partition coefficient (Wildman–Crippen LogP) is 3.39. The predicted molar refractivity (Wildman–Crippen MR) is 131 cm³/mol. The molecule has 4 rings (SSSR count). The van der Waals surface area contributed by atoms with Crippen LogP contribution in [0.1, 0.15) is 51.8 Å². The van der Waals surface area contributed by atoms with Gasteiger partial charge in [-0.15, -0.1) is 0 Å². The van der Waals surface area contributed by atoms with Crippen molar-refractivity contribution in [1.82, 2.24) is 15.1 Å². The fourth-order valence-corrected chi connectivity index (χ4v) is 4.30. The van der Waals surface area contributed by atoms with Gasteiger partial charge < -0.3 is 19.5 Å². The minimum absolute atomic E-state index is 0.182. The van der Waals surface area contributed by atoms with Crippen LogP contribution in [0.5, 0.6) is 5.75 Å². The van der Waals surface area contributed by atoms with Crippen LogP contribution in [-0.2, 0) is 25.5 Å². The summed E-state index contributed by atoms with van der Waals surface area (Å²) in [6.07, 6.45) is 1.47. The van der Waals surface area contributed by atoms with Crippen molar-refractivity contribution >= 4 is 17.8 Å². The summed E-state index contributed by atoms with van der Waals surface area (Å²) in [5.41, 5.74) is 4.75. The van der Waals surface area contributed by atoms with Crippen LogP contribution in [-0.4, -0.2) is 47.9 Å². The minimum Gasteiger partial charge on any atom is -0.493 e. The Morgan fingerprint density at radius 2 is 1.86 bits per heavy atom. The second-order valence-corrected chi connectivity index (χ2v) is 8.56. The van der Waals surface area contributed by atoms with E-state index in [1.165, 1.54) is 7.11 Å². The van der Waals surface area contributed by atoms with Gasteiger partial charge in [0, 0.05) is 24.1 Å². The number of fused-ring (bicyclic) bond motifs is 1. The van der Waals surface area contributed by atoms with Gasteiger partial charge in [-0.3, -0.25) is 9.59 Å². The zero-order chi connectivity index (χ0) is 25.7. The number of para-hydroxylation sites is 1. The van der Waals surface area contributed by atoms with Crippen LogP contribution in [0, 0.1) is 13.8 Å². The second-order valence-electron chi connectivity index (χ2n) is 8.56. The lowest BCUT2D eigenvalue weighted by Gasteiger charge is -2.26. The van der Waals surface area contributed by atoms with Gasteiger partial charge in [-0.25, -0.2) is 9.48 Å². The largest absolute Gasteiger partial charge is 0.493 e. The lowest BCUT2D eigenvalue weighted by Crippen LogP contribution is -2.35. The summed E-state index contributed by atoms with van der Waals surface area (Å²) in [5, 5.41) is 7.49. The van der Waals surface area contributed by atoms with Crippen LogP contribution in [0.25, 0.3) is 5.69 Å². The summed E-state index contributed by atoms with van der Waals surface area (Å²) in [4.78, 5) is 36.4. The summed E-state index contributed by atoms with van der Waals surface area (Å²) in [7, 11) is 1.37. The number of carbonyl (C=O) groups is 3. The molecule has 3 aromatic rings. The third-order valence-electron chi connectivity index (χ3n) is 6.22. The average Bonchev–Trinajstić information content (AvgIpc) is 3.18. The molecule has 0 saturated heterocycles. The monoisotopic (exact) mass is 491 g/mol. The third kappa shape index (κ3) is 5.56. The van der Waals surface area contributed by atoms with E-state index in [0.29, 0.717) is 25.0 Å². The molecule has 0 bridgehead atoms. The van der Waals surface area contributed by atoms with E-state index in [1.807, 2.05) is 38.1 Å². The Balaban J connectivity index is 1.34. The van der Waals surface area contributed by atoms with Gasteiger partial charge in [0.05, 0.1) is 36.7 Å². The number of nitrogens with one attached hydrogen (secondary N) is 1. The lowest BCUT2D eigenvalue weighted by molar-refractivity contribution is -0.140. The van der Waals surface area contributed by atoms with Crippen molar-refractivity contribution in [3.8, 4) is 11.4 Å². The van der Waals surface area contributed by atoms with Gasteiger partial charge in [0.1, 0.15) is 5.75 Å². The van der Waals surface area contributed by atoms with Gasteiger partial charge in [0.2, 0.25) is 0 Å². The van der Waals surface area contributed by atoms with Crippen molar-refractivity contribution in [3.63, 3.8) is 0 Å². The SMILES string of the molecule is COC(=O)CCc1c(C)nn(-c2ccc(C(=O)OCC(=O)NC3CCOc4ccccc43)cc2)c1C. The van der Waals surface area contributed by atoms with Crippen molar-refractivity contribution in [3.05, 3.63) is 76.6 Å². The first-order valence-corrected chi connectivity index (χ1v) is 11.8. The van der Waals surface area contributed by atoms with E-state index in [0.717, 1.165) is 34.0 Å². The summed E-state index contributed by atoms with van der Waals surface area (Å²) in [5.74, 6) is -0.472. The van der Waals surface area contributed by atoms with E-state index in [1.54, 1.807) is 28.9 Å². The van der Waals surface area contributed by atoms with Crippen LogP contribution in [0.15, 0.2) is 48.5 Å². The van der Waals surface area contributed by atoms with Crippen molar-refractivity contribution in [2.24, 2.45) is 0 Å². The zero-order valence-electron chi connectivity index (χ0n) is 20.6. The number of carbonyl (C=O) groups excluding carboxylic acids is 3. The first-order valence-electron chi connectivity index (χ1n) is 11.8. The Kier molecular flexibility index (Phi) is 7.68. The molecule has 1 amide bonds. The van der Waals surface area contributed by atoms with Gasteiger partial charge >= 0.3 is 11.9 Å². The molecule has 0 radical (unpaired) electrons. The zero-order valence-corrected chi connectivity index (χ0v) is 20.6. The Morgan fingerprint density at radius 3 is 2.61 bits per heavy atom. The number of amides is 1. The van der Waals surface area contributed by atoms with E-state index in [9.17, 15) is 14.4 Å². The first-order chi connectivity index (χ1) is 17.4. The molecule has 1 aliphatic heterocycles. The Hall–Kier alpha value is -4.14. The molecule has 1 aromatic heterocycles. The number of aromatic nitrogens is 2. The van der Waals surface area contributed by atoms with Crippen LogP contribution in [0.4, 0.5) is 0 Å². The molecular formula is C27H29N3O6. The summed E-state index contributed by atoms with van der Waals surface area (Å²) in [6, 6.07) is 14.2. The van der Waals surface area contributed by atoms with Crippen molar-refractivity contribution in [2.45, 2.75) is 39.2 Å². The summed E-state index contributed by atoms with van der Waals surface area (Å²) >= 11 is 0. The topological polar surface area (TPSA) is 109 Å². The Morgan fingerprint density at radius 1 is 1.11 bits per heavy atom. The highest BCUT2D eigenvalue weighted by Crippen LogP contribution is 2.31. The van der Waals surface area contributed by atoms with Crippen molar-refractivity contribution < 1.29 is 28.6 Å². The minimum atomic E-state index is -0.587. The van der Waals surface area contributed by atoms with Crippen LogP contribution in [0.3, 0.4) is 0 Å². The molecule has 9 heteroatoms. The molecule has 1 atom stereocenters. The van der Waals surface area contributed by atoms with Crippen molar-refractivity contribution in [2.75, 3.05) is 20.3 Å². The second kappa shape index (κ2) is 11.1. The van der Waals surface area contributed by atoms with Gasteiger partial charge in [0.25, 0.3) is 5.91 Å². The highest BCUT2D eigenvalue weighted by atomic mass is 16.5. The molecule has 1 aliphatic rings. The average molecular weight is 492 g/mol. The fraction of sp³-hybridized carbons (Fsp3) is 0.333. The van der Waals surface area contributed by atoms with Crippen molar-refractivity contribution in [1.29, 1.82) is 0 Å². The number of hydrogen-bond acceptors (Lipinski definition) is 7. The van der Waals surface area contributed by atoms with E-state index in [2.05, 4.69) is 10.4 Å². The van der Waals surface area contributed by atoms with Gasteiger partial charge in [-0.05, 0) is 56.2 Å². The molecule has 0 saturated carbocycles. The Labute approximate surface area is 209 Å². The molecule has 0 spiro atoms. The normalized spacial score (nSPS) is 14.4. The molecular weight excluding hydrogens is 462 g/mol. The smallest absolute Gasteiger partial charge is 0.338 e. The van der Waals surface area contributed by atoms with Crippen LogP contribution >= 0.6 is 0 Å². The van der Waals surface area contributed by atoms with Gasteiger partial charge in [-0.1, -0.05) is 18.2 Å². The number of ether oxygens (including phenoxy) is 3. The molecule has 36 heavy (non-hydrogen) atoms. The lowest BCUT2D eigenvalue weighted by atomic mass is 10.0. The summed E-state index contributed by atoms with van der Waals surface area (Å²) < 4.78 is 17.3. The number of hydrogen-bond donors (Lipinski definition) is 1. The number of benzene rings is 2. The molecule has 9 nitrogen and oxygen atoms in total. The number of rotatable bonds is 8. The summed E-state index contributed by atoms with van der Waals surface area (Å²) in [6.45, 7) is 3.97. The molecule has 0 fully saturated rings. The maximum atomic E-state index is 12.5. The fourth-order valence-electron chi connectivity index (χ4n) is 4.30. The highest BCUT2D eigenvalue weighted by molar-refractivity contribution is 5.91. The molecule has 1 N–H and O–H groups in total. The van der Waals surface area contributed by atoms with E-state index in [4.69, 9.17) is 14.2 Å². The maximum Gasteiger partial charge on any atom is 0.338 e. The quantitative estimate of drug-likeness (QED) is 0.481. The highest BCUT2D eigenvalue weighted by Gasteiger charge is 2.23. The van der Waals surface area contributed by atoms with Gasteiger partial charge in [-0.2, -0.15) is 5.10 Å². The van der Waals surface area contributed by atoms with Crippen LogP contribution < -0.4 is 10.1 Å². The number of nitrogens with zero attached hydrogens (tertiary/aromatic N) is 2. The van der Waals surface area contributed by atoms with E-state index < -0.39 is 5.97 Å². The molecule has 0 aliphatic carbocycles. The first kappa shape index (κ1) is 25.0. The number of aryl methyl sites for hydroxylation is 1. The van der Waals surface area contributed by atoms with Crippen LogP contribution in [0.2, 0.25) is 0 Å². The number of methoxy groups -OCH3 is 1. The van der Waals surface area contributed by atoms with E-state index >= 15 is 0 Å².